The molecule has 0 aliphatic carbocycles. The van der Waals surface area contributed by atoms with Gasteiger partial charge in [-0.1, -0.05) is 57.7 Å². The van der Waals surface area contributed by atoms with Crippen molar-refractivity contribution in [2.45, 2.75) is 17.9 Å². The fraction of sp³-hybridized carbons (Fsp3) is 0.130. The standard InChI is InChI=1S/C23H19BrN2O2S/c1-3-22-21-6-4-5-7-23(21)26(16-25(22)19-12-10-18(24)11-13-19)29(27,28)20-14-8-17(2)9-15-20/h1,4-15,22H,16H2,2H3/t22-/m0/s1. The lowest BCUT2D eigenvalue weighted by Crippen LogP contribution is -2.47. The van der Waals surface area contributed by atoms with Crippen molar-refractivity contribution in [1.29, 1.82) is 0 Å². The van der Waals surface area contributed by atoms with Crippen LogP contribution in [0.2, 0.25) is 0 Å². The molecule has 0 N–H and O–H groups in total. The van der Waals surface area contributed by atoms with Crippen LogP contribution in [-0.2, 0) is 10.0 Å². The van der Waals surface area contributed by atoms with E-state index in [1.54, 1.807) is 24.3 Å². The van der Waals surface area contributed by atoms with Crippen molar-refractivity contribution in [1.82, 2.24) is 0 Å². The second-order valence-corrected chi connectivity index (χ2v) is 9.66. The topological polar surface area (TPSA) is 40.6 Å². The maximum Gasteiger partial charge on any atom is 0.265 e. The average molecular weight is 467 g/mol. The molecule has 0 bridgehead atoms. The summed E-state index contributed by atoms with van der Waals surface area (Å²) in [6.45, 7) is 2.06. The molecule has 3 aromatic carbocycles. The maximum absolute atomic E-state index is 13.5. The first-order valence-corrected chi connectivity index (χ1v) is 11.3. The van der Waals surface area contributed by atoms with E-state index in [0.29, 0.717) is 5.69 Å². The molecule has 0 spiro atoms. The van der Waals surface area contributed by atoms with Crippen LogP contribution in [0.15, 0.2) is 82.2 Å². The van der Waals surface area contributed by atoms with E-state index in [1.807, 2.05) is 60.4 Å². The van der Waals surface area contributed by atoms with Crippen molar-refractivity contribution >= 4 is 37.3 Å². The van der Waals surface area contributed by atoms with Gasteiger partial charge in [0.1, 0.15) is 12.7 Å². The Morgan fingerprint density at radius 2 is 1.66 bits per heavy atom. The highest BCUT2D eigenvalue weighted by molar-refractivity contribution is 9.10. The van der Waals surface area contributed by atoms with Gasteiger partial charge in [-0.2, -0.15) is 0 Å². The first-order chi connectivity index (χ1) is 13.9. The molecule has 0 saturated heterocycles. The number of halogens is 1. The van der Waals surface area contributed by atoms with Crippen molar-refractivity contribution in [3.63, 3.8) is 0 Å². The van der Waals surface area contributed by atoms with Gasteiger partial charge in [0.25, 0.3) is 10.0 Å². The lowest BCUT2D eigenvalue weighted by Gasteiger charge is -2.42. The average Bonchev–Trinajstić information content (AvgIpc) is 2.73. The van der Waals surface area contributed by atoms with Gasteiger partial charge in [0, 0.05) is 15.7 Å². The molecule has 0 radical (unpaired) electrons. The van der Waals surface area contributed by atoms with Crippen LogP contribution >= 0.6 is 15.9 Å². The Balaban J connectivity index is 1.86. The summed E-state index contributed by atoms with van der Waals surface area (Å²) in [7, 11) is -3.76. The number of rotatable bonds is 3. The number of benzene rings is 3. The fourth-order valence-corrected chi connectivity index (χ4v) is 5.20. The van der Waals surface area contributed by atoms with Gasteiger partial charge in [-0.3, -0.25) is 0 Å². The summed E-state index contributed by atoms with van der Waals surface area (Å²) in [6.07, 6.45) is 5.89. The number of sulfonamides is 1. The van der Waals surface area contributed by atoms with Gasteiger partial charge in [-0.15, -0.1) is 6.42 Å². The molecule has 0 fully saturated rings. The highest BCUT2D eigenvalue weighted by atomic mass is 79.9. The summed E-state index contributed by atoms with van der Waals surface area (Å²) in [5.41, 5.74) is 3.27. The molecule has 4 nitrogen and oxygen atoms in total. The third-order valence-electron chi connectivity index (χ3n) is 5.02. The van der Waals surface area contributed by atoms with E-state index in [9.17, 15) is 8.42 Å². The van der Waals surface area contributed by atoms with Crippen LogP contribution in [-0.4, -0.2) is 15.1 Å². The number of nitrogens with zero attached hydrogens (tertiary/aromatic N) is 2. The minimum absolute atomic E-state index is 0.129. The van der Waals surface area contributed by atoms with E-state index in [0.717, 1.165) is 21.3 Å². The molecule has 3 aromatic rings. The SMILES string of the molecule is C#C[C@H]1c2ccccc2N(S(=O)(=O)c2ccc(C)cc2)CN1c1ccc(Br)cc1. The molecule has 146 valence electrons. The van der Waals surface area contributed by atoms with E-state index in [2.05, 4.69) is 21.9 Å². The van der Waals surface area contributed by atoms with Crippen LogP contribution in [0, 0.1) is 19.3 Å². The van der Waals surface area contributed by atoms with Crippen molar-refractivity contribution in [3.05, 3.63) is 88.4 Å². The number of hydrogen-bond acceptors (Lipinski definition) is 3. The minimum Gasteiger partial charge on any atom is -0.335 e. The summed E-state index contributed by atoms with van der Waals surface area (Å²) < 4.78 is 29.4. The fourth-order valence-electron chi connectivity index (χ4n) is 3.50. The van der Waals surface area contributed by atoms with Crippen LogP contribution in [0.3, 0.4) is 0 Å². The van der Waals surface area contributed by atoms with Crippen molar-refractivity contribution in [2.75, 3.05) is 15.9 Å². The number of para-hydroxylation sites is 1. The number of anilines is 2. The summed E-state index contributed by atoms with van der Waals surface area (Å²) in [5.74, 6) is 2.84. The molecule has 29 heavy (non-hydrogen) atoms. The minimum atomic E-state index is -3.76. The summed E-state index contributed by atoms with van der Waals surface area (Å²) in [5, 5.41) is 0. The molecule has 0 aromatic heterocycles. The van der Waals surface area contributed by atoms with E-state index < -0.39 is 10.0 Å². The molecule has 0 amide bonds. The zero-order valence-electron chi connectivity index (χ0n) is 15.8. The molecule has 6 heteroatoms. The van der Waals surface area contributed by atoms with Gasteiger partial charge in [-0.05, 0) is 49.4 Å². The van der Waals surface area contributed by atoms with Crippen LogP contribution < -0.4 is 9.21 Å². The zero-order chi connectivity index (χ0) is 20.6. The number of aryl methyl sites for hydroxylation is 1. The second-order valence-electron chi connectivity index (χ2n) is 6.88. The first-order valence-electron chi connectivity index (χ1n) is 9.08. The van der Waals surface area contributed by atoms with Gasteiger partial charge >= 0.3 is 0 Å². The molecule has 0 saturated carbocycles. The predicted octanol–water partition coefficient (Wildman–Crippen LogP) is 5.10. The van der Waals surface area contributed by atoms with E-state index >= 15 is 0 Å². The number of hydrogen-bond donors (Lipinski definition) is 0. The van der Waals surface area contributed by atoms with Gasteiger partial charge in [-0.25, -0.2) is 12.7 Å². The Hall–Kier alpha value is -2.75. The molecular weight excluding hydrogens is 448 g/mol. The lowest BCUT2D eigenvalue weighted by molar-refractivity contribution is 0.583. The third-order valence-corrected chi connectivity index (χ3v) is 7.31. The zero-order valence-corrected chi connectivity index (χ0v) is 18.2. The molecule has 1 aliphatic rings. The maximum atomic E-state index is 13.5. The smallest absolute Gasteiger partial charge is 0.265 e. The Labute approximate surface area is 180 Å². The number of fused-ring (bicyclic) bond motifs is 1. The van der Waals surface area contributed by atoms with E-state index in [1.165, 1.54) is 4.31 Å². The van der Waals surface area contributed by atoms with Crippen LogP contribution in [0.5, 0.6) is 0 Å². The normalized spacial score (nSPS) is 16.2. The highest BCUT2D eigenvalue weighted by Crippen LogP contribution is 2.40. The van der Waals surface area contributed by atoms with Crippen molar-refractivity contribution in [3.8, 4) is 12.3 Å². The Kier molecular flexibility index (Phi) is 5.12. The van der Waals surface area contributed by atoms with Gasteiger partial charge in [0.05, 0.1) is 10.6 Å². The largest absolute Gasteiger partial charge is 0.335 e. The monoisotopic (exact) mass is 466 g/mol. The molecule has 1 atom stereocenters. The molecule has 4 rings (SSSR count). The van der Waals surface area contributed by atoms with Crippen LogP contribution in [0.4, 0.5) is 11.4 Å². The van der Waals surface area contributed by atoms with Crippen molar-refractivity contribution in [2.24, 2.45) is 0 Å². The lowest BCUT2D eigenvalue weighted by atomic mass is 10.0. The summed E-state index contributed by atoms with van der Waals surface area (Å²) in [6, 6.07) is 21.6. The van der Waals surface area contributed by atoms with Crippen molar-refractivity contribution < 1.29 is 8.42 Å². The molecule has 1 aliphatic heterocycles. The summed E-state index contributed by atoms with van der Waals surface area (Å²) >= 11 is 3.44. The molecular formula is C23H19BrN2O2S. The van der Waals surface area contributed by atoms with Crippen LogP contribution in [0.1, 0.15) is 17.2 Å². The Bertz CT molecular complexity index is 1180. The second kappa shape index (κ2) is 7.58. The van der Waals surface area contributed by atoms with Gasteiger partial charge in [0.2, 0.25) is 0 Å². The van der Waals surface area contributed by atoms with E-state index in [4.69, 9.17) is 6.42 Å². The molecule has 0 unspecified atom stereocenters. The van der Waals surface area contributed by atoms with Gasteiger partial charge in [0.15, 0.2) is 0 Å². The first kappa shape index (κ1) is 19.6. The van der Waals surface area contributed by atoms with Crippen LogP contribution in [0.25, 0.3) is 0 Å². The highest BCUT2D eigenvalue weighted by Gasteiger charge is 2.36. The molecule has 1 heterocycles. The Morgan fingerprint density at radius 1 is 1.00 bits per heavy atom. The van der Waals surface area contributed by atoms with Gasteiger partial charge < -0.3 is 4.90 Å². The quantitative estimate of drug-likeness (QED) is 0.503. The van der Waals surface area contributed by atoms with E-state index in [-0.39, 0.29) is 17.6 Å². The Morgan fingerprint density at radius 3 is 2.31 bits per heavy atom. The predicted molar refractivity (Wildman–Crippen MR) is 120 cm³/mol. The number of terminal acetylenes is 1. The summed E-state index contributed by atoms with van der Waals surface area (Å²) in [4.78, 5) is 2.19. The third kappa shape index (κ3) is 3.52.